The standard InChI is InChI=1S/C31H29N3O4/c1-4-5-27-26(20-35)19-29(33-28(27)16-17-32)24-12-8-22(9-13-24)6-7-23-10-14-25(15-11-23)31(38)34(3)21(2)18-30(36)37/h4-5,8-17,19-21H,18,32H2,1-3H3,(H,36,37)/b5-4-,17-16-. The largest absolute Gasteiger partial charge is 0.481 e. The Kier molecular flexibility index (Phi) is 9.33. The number of aromatic nitrogens is 1. The molecular weight excluding hydrogens is 478 g/mol. The van der Waals surface area contributed by atoms with Gasteiger partial charge in [0, 0.05) is 46.5 Å². The third kappa shape index (κ3) is 6.83. The number of hydrogen-bond donors (Lipinski definition) is 2. The molecule has 0 bridgehead atoms. The van der Waals surface area contributed by atoms with Gasteiger partial charge in [0.1, 0.15) is 0 Å². The highest BCUT2D eigenvalue weighted by molar-refractivity contribution is 5.94. The summed E-state index contributed by atoms with van der Waals surface area (Å²) in [4.78, 5) is 41.3. The normalized spacial score (nSPS) is 11.7. The first-order chi connectivity index (χ1) is 18.3. The maximum absolute atomic E-state index is 12.6. The zero-order valence-corrected chi connectivity index (χ0v) is 21.5. The Morgan fingerprint density at radius 1 is 1.05 bits per heavy atom. The lowest BCUT2D eigenvalue weighted by Crippen LogP contribution is -2.36. The molecule has 1 atom stereocenters. The molecule has 3 rings (SSSR count). The smallest absolute Gasteiger partial charge is 0.305 e. The number of carboxylic acids is 1. The van der Waals surface area contributed by atoms with Crippen LogP contribution < -0.4 is 5.73 Å². The Bertz CT molecular complexity index is 1440. The van der Waals surface area contributed by atoms with Gasteiger partial charge in [0.25, 0.3) is 5.91 Å². The first-order valence-electron chi connectivity index (χ1n) is 12.0. The van der Waals surface area contributed by atoms with Crippen molar-refractivity contribution in [3.8, 4) is 23.1 Å². The van der Waals surface area contributed by atoms with Gasteiger partial charge >= 0.3 is 5.97 Å². The molecule has 0 fully saturated rings. The number of hydrogen-bond acceptors (Lipinski definition) is 5. The van der Waals surface area contributed by atoms with Crippen LogP contribution in [0.5, 0.6) is 0 Å². The maximum atomic E-state index is 12.6. The molecule has 0 spiro atoms. The van der Waals surface area contributed by atoms with Crippen LogP contribution in [0.3, 0.4) is 0 Å². The zero-order chi connectivity index (χ0) is 27.7. The topological polar surface area (TPSA) is 114 Å². The van der Waals surface area contributed by atoms with E-state index >= 15 is 0 Å². The van der Waals surface area contributed by atoms with Gasteiger partial charge in [0.2, 0.25) is 0 Å². The number of allylic oxidation sites excluding steroid dienone is 1. The number of nitrogens with zero attached hydrogens (tertiary/aromatic N) is 2. The minimum atomic E-state index is -0.950. The van der Waals surface area contributed by atoms with Crippen molar-refractivity contribution < 1.29 is 19.5 Å². The van der Waals surface area contributed by atoms with Gasteiger partial charge in [0.05, 0.1) is 17.8 Å². The fraction of sp³-hybridized carbons (Fsp3) is 0.161. The Balaban J connectivity index is 1.78. The fourth-order valence-electron chi connectivity index (χ4n) is 3.77. The van der Waals surface area contributed by atoms with E-state index in [4.69, 9.17) is 10.8 Å². The van der Waals surface area contributed by atoms with E-state index in [9.17, 15) is 14.4 Å². The Morgan fingerprint density at radius 2 is 1.66 bits per heavy atom. The van der Waals surface area contributed by atoms with E-state index in [1.54, 1.807) is 50.4 Å². The molecule has 7 heteroatoms. The molecule has 7 nitrogen and oxygen atoms in total. The molecule has 3 aromatic rings. The lowest BCUT2D eigenvalue weighted by molar-refractivity contribution is -0.137. The van der Waals surface area contributed by atoms with Gasteiger partial charge in [-0.05, 0) is 68.6 Å². The Labute approximate surface area is 222 Å². The van der Waals surface area contributed by atoms with Gasteiger partial charge in [-0.3, -0.25) is 14.4 Å². The molecule has 0 aliphatic heterocycles. The highest BCUT2D eigenvalue weighted by Crippen LogP contribution is 2.24. The Hall–Kier alpha value is -4.96. The van der Waals surface area contributed by atoms with Gasteiger partial charge in [0.15, 0.2) is 6.29 Å². The van der Waals surface area contributed by atoms with Crippen LogP contribution in [0.2, 0.25) is 0 Å². The summed E-state index contributed by atoms with van der Waals surface area (Å²) < 4.78 is 0. The first kappa shape index (κ1) is 27.6. The average Bonchev–Trinajstić information content (AvgIpc) is 2.92. The number of aldehydes is 1. The molecule has 0 saturated carbocycles. The SMILES string of the molecule is C/C=C\c1c(C=O)cc(-c2ccc(C#Cc3ccc(C(=O)N(C)C(C)CC(=O)O)cc3)cc2)nc1/C=C\N. The summed E-state index contributed by atoms with van der Waals surface area (Å²) in [5.74, 6) is 5.00. The maximum Gasteiger partial charge on any atom is 0.305 e. The molecule has 2 aromatic carbocycles. The number of carbonyl (C=O) groups is 3. The molecular formula is C31H29N3O4. The second-order valence-corrected chi connectivity index (χ2v) is 8.64. The Morgan fingerprint density at radius 3 is 2.18 bits per heavy atom. The van der Waals surface area contributed by atoms with Gasteiger partial charge in [-0.15, -0.1) is 0 Å². The van der Waals surface area contributed by atoms with Crippen LogP contribution in [0.1, 0.15) is 63.4 Å². The van der Waals surface area contributed by atoms with E-state index in [1.807, 2.05) is 43.3 Å². The predicted molar refractivity (Wildman–Crippen MR) is 149 cm³/mol. The van der Waals surface area contributed by atoms with E-state index in [0.29, 0.717) is 28.1 Å². The minimum absolute atomic E-state index is 0.119. The first-order valence-corrected chi connectivity index (χ1v) is 12.0. The average molecular weight is 508 g/mol. The molecule has 38 heavy (non-hydrogen) atoms. The molecule has 1 heterocycles. The molecule has 192 valence electrons. The number of carbonyl (C=O) groups excluding carboxylic acids is 2. The van der Waals surface area contributed by atoms with Crippen molar-refractivity contribution in [2.24, 2.45) is 5.73 Å². The van der Waals surface area contributed by atoms with E-state index in [-0.39, 0.29) is 12.3 Å². The molecule has 1 amide bonds. The van der Waals surface area contributed by atoms with E-state index in [2.05, 4.69) is 16.8 Å². The van der Waals surface area contributed by atoms with Crippen LogP contribution in [0, 0.1) is 11.8 Å². The second-order valence-electron chi connectivity index (χ2n) is 8.64. The summed E-state index contributed by atoms with van der Waals surface area (Å²) in [5.41, 5.74) is 10.9. The van der Waals surface area contributed by atoms with Gasteiger partial charge in [-0.1, -0.05) is 36.1 Å². The molecule has 1 unspecified atom stereocenters. The summed E-state index contributed by atoms with van der Waals surface area (Å²) in [6.07, 6.45) is 7.42. The number of nitrogens with two attached hydrogens (primary N) is 1. The summed E-state index contributed by atoms with van der Waals surface area (Å²) in [6, 6.07) is 15.7. The van der Waals surface area contributed by atoms with Crippen LogP contribution in [0.25, 0.3) is 23.4 Å². The van der Waals surface area contributed by atoms with Crippen molar-refractivity contribution in [1.82, 2.24) is 9.88 Å². The van der Waals surface area contributed by atoms with Crippen molar-refractivity contribution >= 4 is 30.3 Å². The zero-order valence-electron chi connectivity index (χ0n) is 21.5. The lowest BCUT2D eigenvalue weighted by Gasteiger charge is -2.23. The quantitative estimate of drug-likeness (QED) is 0.333. The third-order valence-corrected chi connectivity index (χ3v) is 5.95. The van der Waals surface area contributed by atoms with E-state index in [0.717, 1.165) is 23.0 Å². The van der Waals surface area contributed by atoms with Crippen LogP contribution in [-0.2, 0) is 4.79 Å². The molecule has 3 N–H and O–H groups in total. The van der Waals surface area contributed by atoms with Crippen molar-refractivity contribution in [3.63, 3.8) is 0 Å². The van der Waals surface area contributed by atoms with E-state index < -0.39 is 12.0 Å². The summed E-state index contributed by atoms with van der Waals surface area (Å²) in [5, 5.41) is 8.95. The highest BCUT2D eigenvalue weighted by atomic mass is 16.4. The molecule has 1 aromatic heterocycles. The number of rotatable bonds is 8. The van der Waals surface area contributed by atoms with Crippen LogP contribution >= 0.6 is 0 Å². The minimum Gasteiger partial charge on any atom is -0.481 e. The van der Waals surface area contributed by atoms with Crippen molar-refractivity contribution in [1.29, 1.82) is 0 Å². The highest BCUT2D eigenvalue weighted by Gasteiger charge is 2.19. The number of aliphatic carboxylic acids is 1. The second kappa shape index (κ2) is 12.8. The molecule has 0 aliphatic carbocycles. The number of benzene rings is 2. The van der Waals surface area contributed by atoms with Crippen LogP contribution in [0.4, 0.5) is 0 Å². The van der Waals surface area contributed by atoms with Crippen molar-refractivity contribution in [2.45, 2.75) is 26.3 Å². The van der Waals surface area contributed by atoms with Crippen molar-refractivity contribution in [2.75, 3.05) is 7.05 Å². The van der Waals surface area contributed by atoms with Gasteiger partial charge in [-0.25, -0.2) is 4.98 Å². The number of carboxylic acid groups (broad SMARTS) is 1. The predicted octanol–water partition coefficient (Wildman–Crippen LogP) is 4.86. The summed E-state index contributed by atoms with van der Waals surface area (Å²) in [7, 11) is 1.59. The molecule has 0 radical (unpaired) electrons. The molecule has 0 saturated heterocycles. The lowest BCUT2D eigenvalue weighted by atomic mass is 10.0. The monoisotopic (exact) mass is 507 g/mol. The van der Waals surface area contributed by atoms with Gasteiger partial charge < -0.3 is 15.7 Å². The fourth-order valence-corrected chi connectivity index (χ4v) is 3.77. The van der Waals surface area contributed by atoms with Crippen LogP contribution in [0.15, 0.2) is 66.9 Å². The van der Waals surface area contributed by atoms with Crippen LogP contribution in [-0.4, -0.2) is 46.2 Å². The van der Waals surface area contributed by atoms with E-state index in [1.165, 1.54) is 11.1 Å². The molecule has 0 aliphatic rings. The number of pyridine rings is 1. The summed E-state index contributed by atoms with van der Waals surface area (Å²) >= 11 is 0. The third-order valence-electron chi connectivity index (χ3n) is 5.95. The summed E-state index contributed by atoms with van der Waals surface area (Å²) in [6.45, 7) is 3.57. The van der Waals surface area contributed by atoms with Crippen molar-refractivity contribution in [3.05, 3.63) is 100 Å². The number of amides is 1. The van der Waals surface area contributed by atoms with Gasteiger partial charge in [-0.2, -0.15) is 0 Å².